The van der Waals surface area contributed by atoms with Crippen LogP contribution in [-0.2, 0) is 0 Å². The molecular formula is C13H26N2. The van der Waals surface area contributed by atoms with Gasteiger partial charge in [-0.1, -0.05) is 31.8 Å². The first-order chi connectivity index (χ1) is 7.38. The van der Waals surface area contributed by atoms with Gasteiger partial charge in [0.25, 0.3) is 0 Å². The van der Waals surface area contributed by atoms with Gasteiger partial charge in [0.05, 0.1) is 0 Å². The van der Waals surface area contributed by atoms with E-state index in [4.69, 9.17) is 5.84 Å². The summed E-state index contributed by atoms with van der Waals surface area (Å²) < 4.78 is 0. The first-order valence-electron chi connectivity index (χ1n) is 6.45. The molecule has 1 fully saturated rings. The summed E-state index contributed by atoms with van der Waals surface area (Å²) in [5.41, 5.74) is 3.01. The Balaban J connectivity index is 2.07. The van der Waals surface area contributed by atoms with Gasteiger partial charge in [-0.05, 0) is 38.0 Å². The number of unbranched alkanes of at least 4 members (excludes halogenated alkanes) is 3. The van der Waals surface area contributed by atoms with Gasteiger partial charge < -0.3 is 0 Å². The van der Waals surface area contributed by atoms with Crippen molar-refractivity contribution >= 4 is 0 Å². The summed E-state index contributed by atoms with van der Waals surface area (Å²) in [5.74, 6) is 6.47. The van der Waals surface area contributed by atoms with Crippen molar-refractivity contribution in [2.24, 2.45) is 11.8 Å². The summed E-state index contributed by atoms with van der Waals surface area (Å²) in [4.78, 5) is 0. The Morgan fingerprint density at radius 1 is 1.27 bits per heavy atom. The van der Waals surface area contributed by atoms with Crippen LogP contribution in [0.1, 0.15) is 57.8 Å². The Hall–Kier alpha value is -0.340. The summed E-state index contributed by atoms with van der Waals surface area (Å²) in [6.45, 7) is 3.74. The second kappa shape index (κ2) is 7.89. The Morgan fingerprint density at radius 2 is 2.00 bits per heavy atom. The van der Waals surface area contributed by atoms with Crippen molar-refractivity contribution in [3.05, 3.63) is 12.7 Å². The first kappa shape index (κ1) is 12.7. The van der Waals surface area contributed by atoms with Crippen LogP contribution >= 0.6 is 0 Å². The highest BCUT2D eigenvalue weighted by Gasteiger charge is 2.23. The molecule has 0 amide bonds. The maximum Gasteiger partial charge on any atom is 0.0238 e. The van der Waals surface area contributed by atoms with E-state index in [1.165, 1.54) is 51.4 Å². The molecule has 0 radical (unpaired) electrons. The standard InChI is InChI=1S/C13H26N2/c1-2-3-4-5-6-11-13(15-14)12-9-7-8-10-12/h2,12-13,15H,1,3-11,14H2. The van der Waals surface area contributed by atoms with Crippen LogP contribution in [0.5, 0.6) is 0 Å². The zero-order chi connectivity index (χ0) is 10.9. The van der Waals surface area contributed by atoms with Crippen LogP contribution in [0.4, 0.5) is 0 Å². The molecule has 0 aliphatic heterocycles. The van der Waals surface area contributed by atoms with E-state index < -0.39 is 0 Å². The monoisotopic (exact) mass is 210 g/mol. The Labute approximate surface area is 94.3 Å². The number of hydrazine groups is 1. The molecule has 88 valence electrons. The third kappa shape index (κ3) is 4.80. The minimum absolute atomic E-state index is 0.566. The molecule has 1 saturated carbocycles. The van der Waals surface area contributed by atoms with E-state index in [0.717, 1.165) is 12.3 Å². The second-order valence-electron chi connectivity index (χ2n) is 4.74. The summed E-state index contributed by atoms with van der Waals surface area (Å²) in [6.07, 6.45) is 13.9. The number of allylic oxidation sites excluding steroid dienone is 1. The van der Waals surface area contributed by atoms with Crippen LogP contribution in [0.2, 0.25) is 0 Å². The topological polar surface area (TPSA) is 38.0 Å². The van der Waals surface area contributed by atoms with Crippen molar-refractivity contribution in [2.75, 3.05) is 0 Å². The minimum Gasteiger partial charge on any atom is -0.271 e. The summed E-state index contributed by atoms with van der Waals surface area (Å²) >= 11 is 0. The van der Waals surface area contributed by atoms with Gasteiger partial charge in [0.1, 0.15) is 0 Å². The molecule has 0 saturated heterocycles. The van der Waals surface area contributed by atoms with Crippen LogP contribution in [0, 0.1) is 5.92 Å². The number of nitrogens with one attached hydrogen (secondary N) is 1. The van der Waals surface area contributed by atoms with Crippen molar-refractivity contribution in [1.82, 2.24) is 5.43 Å². The van der Waals surface area contributed by atoms with E-state index in [0.29, 0.717) is 6.04 Å². The molecule has 0 aromatic rings. The van der Waals surface area contributed by atoms with Gasteiger partial charge in [-0.15, -0.1) is 6.58 Å². The molecule has 2 nitrogen and oxygen atoms in total. The Morgan fingerprint density at radius 3 is 2.60 bits per heavy atom. The van der Waals surface area contributed by atoms with Crippen LogP contribution in [0.3, 0.4) is 0 Å². The fraction of sp³-hybridized carbons (Fsp3) is 0.846. The molecule has 1 unspecified atom stereocenters. The number of hydrogen-bond donors (Lipinski definition) is 2. The summed E-state index contributed by atoms with van der Waals surface area (Å²) in [6, 6.07) is 0.566. The van der Waals surface area contributed by atoms with Gasteiger partial charge in [-0.25, -0.2) is 0 Å². The average molecular weight is 210 g/mol. The van der Waals surface area contributed by atoms with E-state index in [1.807, 2.05) is 6.08 Å². The molecule has 15 heavy (non-hydrogen) atoms. The van der Waals surface area contributed by atoms with E-state index in [1.54, 1.807) is 0 Å². The molecule has 0 bridgehead atoms. The van der Waals surface area contributed by atoms with Gasteiger partial charge >= 0.3 is 0 Å². The third-order valence-corrected chi connectivity index (χ3v) is 3.61. The highest BCUT2D eigenvalue weighted by atomic mass is 15.2. The van der Waals surface area contributed by atoms with Crippen LogP contribution < -0.4 is 11.3 Å². The minimum atomic E-state index is 0.566. The van der Waals surface area contributed by atoms with E-state index in [2.05, 4.69) is 12.0 Å². The summed E-state index contributed by atoms with van der Waals surface area (Å²) in [5, 5.41) is 0. The molecule has 1 aliphatic carbocycles. The largest absolute Gasteiger partial charge is 0.271 e. The van der Waals surface area contributed by atoms with Crippen molar-refractivity contribution < 1.29 is 0 Å². The highest BCUT2D eigenvalue weighted by molar-refractivity contribution is 4.79. The van der Waals surface area contributed by atoms with Crippen LogP contribution in [0.15, 0.2) is 12.7 Å². The zero-order valence-electron chi connectivity index (χ0n) is 9.88. The fourth-order valence-corrected chi connectivity index (χ4v) is 2.64. The van der Waals surface area contributed by atoms with E-state index in [9.17, 15) is 0 Å². The zero-order valence-corrected chi connectivity index (χ0v) is 9.88. The number of rotatable bonds is 8. The third-order valence-electron chi connectivity index (χ3n) is 3.61. The number of hydrogen-bond acceptors (Lipinski definition) is 2. The highest BCUT2D eigenvalue weighted by Crippen LogP contribution is 2.29. The molecule has 2 heteroatoms. The first-order valence-corrected chi connectivity index (χ1v) is 6.45. The van der Waals surface area contributed by atoms with Crippen molar-refractivity contribution in [3.8, 4) is 0 Å². The molecule has 1 aliphatic rings. The quantitative estimate of drug-likeness (QED) is 0.279. The summed E-state index contributed by atoms with van der Waals surface area (Å²) in [7, 11) is 0. The average Bonchev–Trinajstić information content (AvgIpc) is 2.77. The van der Waals surface area contributed by atoms with Crippen LogP contribution in [0.25, 0.3) is 0 Å². The smallest absolute Gasteiger partial charge is 0.0238 e. The predicted molar refractivity (Wildman–Crippen MR) is 66.4 cm³/mol. The molecule has 1 rings (SSSR count). The predicted octanol–water partition coefficient (Wildman–Crippen LogP) is 3.15. The van der Waals surface area contributed by atoms with Crippen molar-refractivity contribution in [2.45, 2.75) is 63.8 Å². The normalized spacial score (nSPS) is 19.3. The molecule has 0 spiro atoms. The molecule has 3 N–H and O–H groups in total. The van der Waals surface area contributed by atoms with E-state index >= 15 is 0 Å². The van der Waals surface area contributed by atoms with Crippen molar-refractivity contribution in [1.29, 1.82) is 0 Å². The second-order valence-corrected chi connectivity index (χ2v) is 4.74. The molecule has 0 aromatic carbocycles. The maximum atomic E-state index is 5.63. The fourth-order valence-electron chi connectivity index (χ4n) is 2.64. The lowest BCUT2D eigenvalue weighted by atomic mass is 9.93. The Kier molecular flexibility index (Phi) is 6.69. The number of nitrogens with two attached hydrogens (primary N) is 1. The van der Waals surface area contributed by atoms with Gasteiger partial charge in [0.2, 0.25) is 0 Å². The SMILES string of the molecule is C=CCCCCCC(NN)C1CCCC1. The van der Waals surface area contributed by atoms with Gasteiger partial charge in [0.15, 0.2) is 0 Å². The van der Waals surface area contributed by atoms with Crippen molar-refractivity contribution in [3.63, 3.8) is 0 Å². The lowest BCUT2D eigenvalue weighted by Crippen LogP contribution is -2.39. The maximum absolute atomic E-state index is 5.63. The molecule has 1 atom stereocenters. The lowest BCUT2D eigenvalue weighted by Gasteiger charge is -2.22. The van der Waals surface area contributed by atoms with Crippen LogP contribution in [-0.4, -0.2) is 6.04 Å². The van der Waals surface area contributed by atoms with Gasteiger partial charge in [0, 0.05) is 6.04 Å². The molecular weight excluding hydrogens is 184 g/mol. The molecule has 0 heterocycles. The molecule has 0 aromatic heterocycles. The van der Waals surface area contributed by atoms with Gasteiger partial charge in [-0.2, -0.15) is 0 Å². The Bertz CT molecular complexity index is 162. The van der Waals surface area contributed by atoms with E-state index in [-0.39, 0.29) is 0 Å². The lowest BCUT2D eigenvalue weighted by molar-refractivity contribution is 0.335. The van der Waals surface area contributed by atoms with Gasteiger partial charge in [-0.3, -0.25) is 11.3 Å².